The number of amides is 2. The lowest BCUT2D eigenvalue weighted by atomic mass is 10.1. The Morgan fingerprint density at radius 2 is 1.76 bits per heavy atom. The second-order valence-electron chi connectivity index (χ2n) is 8.39. The average molecular weight is 547 g/mol. The maximum Gasteiger partial charge on any atom is 0.261 e. The standard InChI is InChI=1S/C26H32BrN3O3S/c1-2-3-4-8-17-33-23-14-11-20(27)18-22(23)24(31)29-26(34)28-21-12-9-19(10-13-21)25(32)30-15-6-5-7-16-30/h9-14,18H,2-8,15-17H2,1H3,(H2,28,29,31,34). The Morgan fingerprint density at radius 1 is 1.03 bits per heavy atom. The third-order valence-electron chi connectivity index (χ3n) is 5.70. The van der Waals surface area contributed by atoms with Crippen LogP contribution < -0.4 is 15.4 Å². The van der Waals surface area contributed by atoms with Gasteiger partial charge in [0, 0.05) is 28.8 Å². The number of nitrogens with one attached hydrogen (secondary N) is 2. The quantitative estimate of drug-likeness (QED) is 0.291. The number of rotatable bonds is 9. The third-order valence-corrected chi connectivity index (χ3v) is 6.40. The minimum Gasteiger partial charge on any atom is -0.493 e. The van der Waals surface area contributed by atoms with Crippen LogP contribution in [0.25, 0.3) is 0 Å². The number of hydrogen-bond acceptors (Lipinski definition) is 4. The van der Waals surface area contributed by atoms with Gasteiger partial charge in [0.25, 0.3) is 11.8 Å². The summed E-state index contributed by atoms with van der Waals surface area (Å²) in [5, 5.41) is 5.90. The second kappa shape index (κ2) is 13.4. The summed E-state index contributed by atoms with van der Waals surface area (Å²) in [6.45, 7) is 4.36. The van der Waals surface area contributed by atoms with Gasteiger partial charge in [-0.05, 0) is 80.4 Å². The van der Waals surface area contributed by atoms with E-state index in [1.165, 1.54) is 12.8 Å². The number of anilines is 1. The summed E-state index contributed by atoms with van der Waals surface area (Å²) >= 11 is 8.76. The number of likely N-dealkylation sites (tertiary alicyclic amines) is 1. The van der Waals surface area contributed by atoms with E-state index in [1.54, 1.807) is 36.4 Å². The van der Waals surface area contributed by atoms with Crippen LogP contribution in [0.3, 0.4) is 0 Å². The van der Waals surface area contributed by atoms with Gasteiger partial charge in [0.1, 0.15) is 5.75 Å². The lowest BCUT2D eigenvalue weighted by molar-refractivity contribution is 0.0724. The number of carbonyl (C=O) groups is 2. The summed E-state index contributed by atoms with van der Waals surface area (Å²) in [5.41, 5.74) is 1.76. The molecule has 3 rings (SSSR count). The lowest BCUT2D eigenvalue weighted by Gasteiger charge is -2.26. The molecular weight excluding hydrogens is 514 g/mol. The van der Waals surface area contributed by atoms with Gasteiger partial charge in [0.15, 0.2) is 5.11 Å². The van der Waals surface area contributed by atoms with Gasteiger partial charge in [-0.1, -0.05) is 42.1 Å². The molecule has 0 saturated carbocycles. The highest BCUT2D eigenvalue weighted by Crippen LogP contribution is 2.24. The monoisotopic (exact) mass is 545 g/mol. The predicted molar refractivity (Wildman–Crippen MR) is 144 cm³/mol. The van der Waals surface area contributed by atoms with Crippen molar-refractivity contribution in [3.05, 3.63) is 58.1 Å². The van der Waals surface area contributed by atoms with E-state index < -0.39 is 0 Å². The van der Waals surface area contributed by atoms with Crippen molar-refractivity contribution < 1.29 is 14.3 Å². The largest absolute Gasteiger partial charge is 0.493 e. The van der Waals surface area contributed by atoms with Crippen LogP contribution in [-0.2, 0) is 0 Å². The Morgan fingerprint density at radius 3 is 2.47 bits per heavy atom. The van der Waals surface area contributed by atoms with Crippen LogP contribution in [0.4, 0.5) is 5.69 Å². The van der Waals surface area contributed by atoms with Crippen molar-refractivity contribution in [2.24, 2.45) is 0 Å². The molecule has 8 heteroatoms. The van der Waals surface area contributed by atoms with Crippen molar-refractivity contribution in [1.82, 2.24) is 10.2 Å². The van der Waals surface area contributed by atoms with Crippen molar-refractivity contribution >= 4 is 50.8 Å². The van der Waals surface area contributed by atoms with Gasteiger partial charge in [-0.25, -0.2) is 0 Å². The number of hydrogen-bond donors (Lipinski definition) is 2. The number of piperidine rings is 1. The van der Waals surface area contributed by atoms with Crippen LogP contribution >= 0.6 is 28.1 Å². The van der Waals surface area contributed by atoms with Gasteiger partial charge in [0.05, 0.1) is 12.2 Å². The first-order chi connectivity index (χ1) is 16.5. The van der Waals surface area contributed by atoms with Crippen LogP contribution in [-0.4, -0.2) is 41.5 Å². The first-order valence-corrected chi connectivity index (χ1v) is 13.1. The van der Waals surface area contributed by atoms with Crippen molar-refractivity contribution in [2.75, 3.05) is 25.0 Å². The predicted octanol–water partition coefficient (Wildman–Crippen LogP) is 6.16. The van der Waals surface area contributed by atoms with E-state index in [1.807, 2.05) is 11.0 Å². The van der Waals surface area contributed by atoms with Crippen LogP contribution in [0, 0.1) is 0 Å². The number of unbranched alkanes of at least 4 members (excludes halogenated alkanes) is 3. The molecule has 1 aliphatic rings. The van der Waals surface area contributed by atoms with E-state index in [2.05, 4.69) is 33.5 Å². The Balaban J connectivity index is 1.55. The lowest BCUT2D eigenvalue weighted by Crippen LogP contribution is -2.35. The molecule has 34 heavy (non-hydrogen) atoms. The minimum atomic E-state index is -0.348. The minimum absolute atomic E-state index is 0.0546. The Kier molecular flexibility index (Phi) is 10.3. The van der Waals surface area contributed by atoms with Crippen LogP contribution in [0.1, 0.15) is 72.6 Å². The number of nitrogens with zero attached hydrogens (tertiary/aromatic N) is 1. The SMILES string of the molecule is CCCCCCOc1ccc(Br)cc1C(=O)NC(=S)Nc1ccc(C(=O)N2CCCCC2)cc1. The molecule has 0 spiro atoms. The van der Waals surface area contributed by atoms with Gasteiger partial charge < -0.3 is 15.0 Å². The molecule has 6 nitrogen and oxygen atoms in total. The summed E-state index contributed by atoms with van der Waals surface area (Å²) in [6, 6.07) is 12.5. The molecule has 2 aromatic carbocycles. The molecule has 182 valence electrons. The molecule has 0 aliphatic carbocycles. The van der Waals surface area contributed by atoms with Crippen molar-refractivity contribution in [3.8, 4) is 5.75 Å². The molecule has 1 fully saturated rings. The second-order valence-corrected chi connectivity index (χ2v) is 9.71. The number of benzene rings is 2. The van der Waals surface area contributed by atoms with Gasteiger partial charge in [0.2, 0.25) is 0 Å². The Labute approximate surface area is 215 Å². The molecule has 1 heterocycles. The topological polar surface area (TPSA) is 70.7 Å². The van der Waals surface area contributed by atoms with Gasteiger partial charge in [-0.2, -0.15) is 0 Å². The van der Waals surface area contributed by atoms with Crippen molar-refractivity contribution in [2.45, 2.75) is 51.9 Å². The van der Waals surface area contributed by atoms with E-state index >= 15 is 0 Å². The molecule has 2 aromatic rings. The van der Waals surface area contributed by atoms with Gasteiger partial charge in [-0.15, -0.1) is 0 Å². The maximum atomic E-state index is 12.9. The summed E-state index contributed by atoms with van der Waals surface area (Å²) in [6.07, 6.45) is 7.68. The van der Waals surface area contributed by atoms with E-state index in [9.17, 15) is 9.59 Å². The Hall–Kier alpha value is -2.45. The average Bonchev–Trinajstić information content (AvgIpc) is 2.85. The molecule has 0 aromatic heterocycles. The molecule has 2 N–H and O–H groups in total. The van der Waals surface area contributed by atoms with Crippen LogP contribution in [0.2, 0.25) is 0 Å². The van der Waals surface area contributed by atoms with Crippen LogP contribution in [0.5, 0.6) is 5.75 Å². The molecule has 0 radical (unpaired) electrons. The smallest absolute Gasteiger partial charge is 0.261 e. The third kappa shape index (κ3) is 7.81. The molecule has 0 unspecified atom stereocenters. The first-order valence-electron chi connectivity index (χ1n) is 11.9. The number of carbonyl (C=O) groups excluding carboxylic acids is 2. The molecule has 0 bridgehead atoms. The molecule has 1 aliphatic heterocycles. The molecule has 1 saturated heterocycles. The van der Waals surface area contributed by atoms with E-state index in [4.69, 9.17) is 17.0 Å². The summed E-state index contributed by atoms with van der Waals surface area (Å²) in [5.74, 6) is 0.235. The van der Waals surface area contributed by atoms with E-state index in [0.29, 0.717) is 29.2 Å². The number of ether oxygens (including phenoxy) is 1. The summed E-state index contributed by atoms with van der Waals surface area (Å²) < 4.78 is 6.65. The zero-order valence-electron chi connectivity index (χ0n) is 19.6. The Bertz CT molecular complexity index is 991. The van der Waals surface area contributed by atoms with Gasteiger partial charge in [-0.3, -0.25) is 14.9 Å². The fourth-order valence-corrected chi connectivity index (χ4v) is 4.40. The normalized spacial score (nSPS) is 13.3. The van der Waals surface area contributed by atoms with Crippen molar-refractivity contribution in [1.29, 1.82) is 0 Å². The zero-order chi connectivity index (χ0) is 24.3. The molecule has 2 amide bonds. The molecule has 0 atom stereocenters. The number of thiocarbonyl (C=S) groups is 1. The fraction of sp³-hybridized carbons (Fsp3) is 0.423. The fourth-order valence-electron chi connectivity index (χ4n) is 3.82. The first kappa shape index (κ1) is 26.2. The highest BCUT2D eigenvalue weighted by molar-refractivity contribution is 9.10. The highest BCUT2D eigenvalue weighted by Gasteiger charge is 2.18. The van der Waals surface area contributed by atoms with E-state index in [-0.39, 0.29) is 16.9 Å². The van der Waals surface area contributed by atoms with Crippen molar-refractivity contribution in [3.63, 3.8) is 0 Å². The molecular formula is C26H32BrN3O3S. The van der Waals surface area contributed by atoms with Gasteiger partial charge >= 0.3 is 0 Å². The summed E-state index contributed by atoms with van der Waals surface area (Å²) in [4.78, 5) is 27.4. The zero-order valence-corrected chi connectivity index (χ0v) is 22.0. The highest BCUT2D eigenvalue weighted by atomic mass is 79.9. The number of halogens is 1. The van der Waals surface area contributed by atoms with Crippen LogP contribution in [0.15, 0.2) is 46.9 Å². The van der Waals surface area contributed by atoms with E-state index in [0.717, 1.165) is 49.7 Å². The maximum absolute atomic E-state index is 12.9. The summed E-state index contributed by atoms with van der Waals surface area (Å²) in [7, 11) is 0.